The lowest BCUT2D eigenvalue weighted by Gasteiger charge is -2.22. The third kappa shape index (κ3) is 3.44. The molecule has 6 heteroatoms. The van der Waals surface area contributed by atoms with Crippen molar-refractivity contribution in [3.8, 4) is 0 Å². The Kier molecular flexibility index (Phi) is 3.88. The Labute approximate surface area is 122 Å². The van der Waals surface area contributed by atoms with Crippen LogP contribution >= 0.6 is 0 Å². The maximum absolute atomic E-state index is 4.36. The van der Waals surface area contributed by atoms with Gasteiger partial charge in [0.25, 0.3) is 5.95 Å². The van der Waals surface area contributed by atoms with Crippen LogP contribution in [0.1, 0.15) is 0 Å². The van der Waals surface area contributed by atoms with Crippen molar-refractivity contribution < 1.29 is 0 Å². The summed E-state index contributed by atoms with van der Waals surface area (Å²) in [5.74, 6) is 1.00. The molecule has 0 saturated carbocycles. The zero-order valence-corrected chi connectivity index (χ0v) is 11.2. The molecule has 1 aromatic carbocycles. The summed E-state index contributed by atoms with van der Waals surface area (Å²) >= 11 is 0. The molecule has 2 aromatic heterocycles. The fourth-order valence-electron chi connectivity index (χ4n) is 1.68. The van der Waals surface area contributed by atoms with Gasteiger partial charge in [0.05, 0.1) is 5.69 Å². The minimum atomic E-state index is 0.353. The highest BCUT2D eigenvalue weighted by molar-refractivity contribution is 5.51. The van der Waals surface area contributed by atoms with Gasteiger partial charge in [-0.05, 0) is 30.3 Å². The highest BCUT2D eigenvalue weighted by Gasteiger charge is 2.11. The number of nitrogens with zero attached hydrogens (tertiary/aromatic N) is 5. The van der Waals surface area contributed by atoms with E-state index in [2.05, 4.69) is 25.8 Å². The Morgan fingerprint density at radius 3 is 2.19 bits per heavy atom. The molecular weight excluding hydrogens is 264 g/mol. The second-order valence-electron chi connectivity index (χ2n) is 4.13. The maximum Gasteiger partial charge on any atom is 0.268 e. The van der Waals surface area contributed by atoms with Crippen LogP contribution in [0.3, 0.4) is 0 Å². The van der Waals surface area contributed by atoms with E-state index in [0.717, 1.165) is 5.69 Å². The van der Waals surface area contributed by atoms with Gasteiger partial charge in [-0.1, -0.05) is 24.3 Å². The maximum atomic E-state index is 4.36. The molecule has 0 fully saturated rings. The number of hydrogen-bond donors (Lipinski definition) is 1. The van der Waals surface area contributed by atoms with Crippen LogP contribution in [0.2, 0.25) is 0 Å². The van der Waals surface area contributed by atoms with Crippen molar-refractivity contribution in [2.45, 2.75) is 0 Å². The molecule has 21 heavy (non-hydrogen) atoms. The predicted octanol–water partition coefficient (Wildman–Crippen LogP) is 2.56. The van der Waals surface area contributed by atoms with Gasteiger partial charge in [0.1, 0.15) is 0 Å². The van der Waals surface area contributed by atoms with Crippen molar-refractivity contribution in [2.24, 2.45) is 0 Å². The number of pyridine rings is 1. The lowest BCUT2D eigenvalue weighted by molar-refractivity contribution is 0.762. The van der Waals surface area contributed by atoms with Crippen LogP contribution in [-0.2, 0) is 0 Å². The second-order valence-corrected chi connectivity index (χ2v) is 4.13. The summed E-state index contributed by atoms with van der Waals surface area (Å²) in [5.41, 5.74) is 8.42. The van der Waals surface area contributed by atoms with Crippen LogP contribution in [0.25, 0.3) is 0 Å². The van der Waals surface area contributed by atoms with Crippen LogP contribution in [0.4, 0.5) is 17.5 Å². The minimum absolute atomic E-state index is 0.353. The fraction of sp³-hybridized carbons (Fsp3) is 0. The summed E-state index contributed by atoms with van der Waals surface area (Å²) in [6.45, 7) is 0. The Hall–Kier alpha value is -3.15. The average Bonchev–Trinajstić information content (AvgIpc) is 2.57. The van der Waals surface area contributed by atoms with E-state index in [9.17, 15) is 0 Å². The van der Waals surface area contributed by atoms with E-state index < -0.39 is 0 Å². The van der Waals surface area contributed by atoms with Crippen molar-refractivity contribution in [1.82, 2.24) is 20.4 Å². The zero-order chi connectivity index (χ0) is 14.3. The molecule has 0 aliphatic heterocycles. The largest absolute Gasteiger partial charge is 0.276 e. The summed E-state index contributed by atoms with van der Waals surface area (Å²) in [4.78, 5) is 12.5. The fourth-order valence-corrected chi connectivity index (χ4v) is 1.68. The number of para-hydroxylation sites is 1. The smallest absolute Gasteiger partial charge is 0.268 e. The Morgan fingerprint density at radius 2 is 1.48 bits per heavy atom. The number of anilines is 2. The Morgan fingerprint density at radius 1 is 0.762 bits per heavy atom. The Balaban J connectivity index is 1.84. The van der Waals surface area contributed by atoms with Crippen molar-refractivity contribution in [2.75, 3.05) is 10.5 Å². The first-order chi connectivity index (χ1) is 10.4. The van der Waals surface area contributed by atoms with Gasteiger partial charge < -0.3 is 0 Å². The number of nitrogens with one attached hydrogen (secondary N) is 1. The third-order valence-electron chi connectivity index (χ3n) is 2.62. The van der Waals surface area contributed by atoms with Gasteiger partial charge in [0.15, 0.2) is 5.82 Å². The molecule has 3 aromatic rings. The summed E-state index contributed by atoms with van der Waals surface area (Å²) in [5, 5.41) is 1.55. The van der Waals surface area contributed by atoms with E-state index in [0.29, 0.717) is 11.8 Å². The molecule has 0 unspecified atom stereocenters. The number of benzene rings is 1. The van der Waals surface area contributed by atoms with Crippen LogP contribution in [-0.4, -0.2) is 15.0 Å². The summed E-state index contributed by atoms with van der Waals surface area (Å²) in [6, 6.07) is 17.1. The monoisotopic (exact) mass is 277 g/mol. The minimum Gasteiger partial charge on any atom is -0.276 e. The predicted molar refractivity (Wildman–Crippen MR) is 80.6 cm³/mol. The highest BCUT2D eigenvalue weighted by atomic mass is 15.7. The molecule has 103 valence electrons. The topological polar surface area (TPSA) is 68.0 Å². The van der Waals surface area contributed by atoms with Crippen LogP contribution in [0.5, 0.6) is 0 Å². The second kappa shape index (κ2) is 6.33. The SMILES string of the molecule is c1ccc(NN([N]c2ncccn2)c2ccccn2)cc1. The number of rotatable bonds is 5. The molecule has 0 aliphatic carbocycles. The molecule has 3 rings (SSSR count). The number of hydrogen-bond acceptors (Lipinski definition) is 5. The molecular formula is C15H13N6. The highest BCUT2D eigenvalue weighted by Crippen LogP contribution is 2.14. The lowest BCUT2D eigenvalue weighted by atomic mass is 10.3. The third-order valence-corrected chi connectivity index (χ3v) is 2.62. The zero-order valence-electron chi connectivity index (χ0n) is 11.2. The molecule has 1 radical (unpaired) electrons. The van der Waals surface area contributed by atoms with Crippen LogP contribution in [0.15, 0.2) is 73.2 Å². The van der Waals surface area contributed by atoms with Crippen molar-refractivity contribution >= 4 is 17.5 Å². The summed E-state index contributed by atoms with van der Waals surface area (Å²) in [6.07, 6.45) is 4.99. The van der Waals surface area contributed by atoms with Gasteiger partial charge in [-0.2, -0.15) is 5.12 Å². The molecule has 1 N–H and O–H groups in total. The molecule has 0 amide bonds. The average molecular weight is 277 g/mol. The molecule has 0 aliphatic rings. The molecule has 2 heterocycles. The molecule has 0 atom stereocenters. The number of aromatic nitrogens is 3. The summed E-state index contributed by atoms with van der Waals surface area (Å²) < 4.78 is 0. The van der Waals surface area contributed by atoms with Crippen molar-refractivity contribution in [1.29, 1.82) is 0 Å². The quantitative estimate of drug-likeness (QED) is 0.726. The van der Waals surface area contributed by atoms with E-state index in [1.54, 1.807) is 29.8 Å². The first-order valence-corrected chi connectivity index (χ1v) is 6.43. The molecule has 6 nitrogen and oxygen atoms in total. The van der Waals surface area contributed by atoms with E-state index in [1.165, 1.54) is 0 Å². The Bertz CT molecular complexity index is 618. The number of hydrazine groups is 1. The van der Waals surface area contributed by atoms with Gasteiger partial charge in [0.2, 0.25) is 0 Å². The van der Waals surface area contributed by atoms with E-state index in [4.69, 9.17) is 0 Å². The molecule has 0 spiro atoms. The first-order valence-electron chi connectivity index (χ1n) is 6.43. The van der Waals surface area contributed by atoms with Crippen molar-refractivity contribution in [3.63, 3.8) is 0 Å². The van der Waals surface area contributed by atoms with Crippen molar-refractivity contribution in [3.05, 3.63) is 73.2 Å². The van der Waals surface area contributed by atoms with E-state index in [1.807, 2.05) is 48.5 Å². The first kappa shape index (κ1) is 12.9. The lowest BCUT2D eigenvalue weighted by Crippen LogP contribution is -2.36. The standard InChI is InChI=1S/C15H13N6/c1-2-7-13(8-3-1)19-21(14-9-4-5-10-16-14)20-15-17-11-6-12-18-15/h1-12,19H. The van der Waals surface area contributed by atoms with Crippen LogP contribution in [0, 0.1) is 0 Å². The van der Waals surface area contributed by atoms with E-state index >= 15 is 0 Å². The van der Waals surface area contributed by atoms with Crippen LogP contribution < -0.4 is 16.0 Å². The molecule has 0 bridgehead atoms. The van der Waals surface area contributed by atoms with E-state index in [-0.39, 0.29) is 0 Å². The van der Waals surface area contributed by atoms with Gasteiger partial charge in [-0.3, -0.25) is 5.43 Å². The molecule has 0 saturated heterocycles. The van der Waals surface area contributed by atoms with Gasteiger partial charge in [0, 0.05) is 18.6 Å². The van der Waals surface area contributed by atoms with Gasteiger partial charge in [-0.15, -0.1) is 5.43 Å². The summed E-state index contributed by atoms with van der Waals surface area (Å²) in [7, 11) is 0. The van der Waals surface area contributed by atoms with Gasteiger partial charge in [-0.25, -0.2) is 15.0 Å². The van der Waals surface area contributed by atoms with Gasteiger partial charge >= 0.3 is 0 Å². The normalized spacial score (nSPS) is 9.90.